The molecule has 100 valence electrons. The number of amides is 3. The molecular formula is C13H15N3O3. The van der Waals surface area contributed by atoms with Gasteiger partial charge >= 0.3 is 0 Å². The fraction of sp³-hybridized carbons (Fsp3) is 0.308. The number of hydrogen-bond donors (Lipinski definition) is 3. The molecule has 1 aromatic carbocycles. The summed E-state index contributed by atoms with van der Waals surface area (Å²) in [5.41, 5.74) is 7.11. The summed E-state index contributed by atoms with van der Waals surface area (Å²) in [5.74, 6) is -2.25. The lowest BCUT2D eigenvalue weighted by Crippen LogP contribution is -2.28. The van der Waals surface area contributed by atoms with E-state index in [1.807, 2.05) is 26.0 Å². The van der Waals surface area contributed by atoms with Crippen LogP contribution in [0.15, 0.2) is 18.2 Å². The summed E-state index contributed by atoms with van der Waals surface area (Å²) in [5, 5.41) is 2.72. The van der Waals surface area contributed by atoms with E-state index in [1.54, 1.807) is 6.07 Å². The molecule has 19 heavy (non-hydrogen) atoms. The van der Waals surface area contributed by atoms with E-state index in [0.717, 1.165) is 11.1 Å². The molecule has 0 spiro atoms. The Balaban J connectivity index is 2.04. The molecule has 0 radical (unpaired) electrons. The van der Waals surface area contributed by atoms with E-state index in [9.17, 15) is 14.4 Å². The normalized spacial score (nSPS) is 15.1. The fourth-order valence-electron chi connectivity index (χ4n) is 1.88. The van der Waals surface area contributed by atoms with Crippen LogP contribution < -0.4 is 16.2 Å². The van der Waals surface area contributed by atoms with Crippen LogP contribution in [0, 0.1) is 19.8 Å². The van der Waals surface area contributed by atoms with Crippen molar-refractivity contribution in [1.29, 1.82) is 0 Å². The molecule has 3 amide bonds. The van der Waals surface area contributed by atoms with Gasteiger partial charge in [-0.05, 0) is 31.0 Å². The summed E-state index contributed by atoms with van der Waals surface area (Å²) < 4.78 is 0. The Morgan fingerprint density at radius 3 is 2.47 bits per heavy atom. The third kappa shape index (κ3) is 2.73. The van der Waals surface area contributed by atoms with Crippen LogP contribution in [0.4, 0.5) is 5.69 Å². The lowest BCUT2D eigenvalue weighted by molar-refractivity contribution is -0.131. The van der Waals surface area contributed by atoms with Crippen molar-refractivity contribution >= 4 is 23.4 Å². The molecule has 0 atom stereocenters. The van der Waals surface area contributed by atoms with Crippen molar-refractivity contribution in [3.63, 3.8) is 0 Å². The summed E-state index contributed by atoms with van der Waals surface area (Å²) >= 11 is 0. The SMILES string of the molecule is Cc1cccc(NC(=O)CC2C(=O)NNC2=O)c1C. The lowest BCUT2D eigenvalue weighted by atomic mass is 10.0. The van der Waals surface area contributed by atoms with Crippen LogP contribution >= 0.6 is 0 Å². The predicted octanol–water partition coefficient (Wildman–Crippen LogP) is 0.409. The first kappa shape index (κ1) is 13.1. The van der Waals surface area contributed by atoms with Crippen molar-refractivity contribution in [3.05, 3.63) is 29.3 Å². The Bertz CT molecular complexity index is 538. The highest BCUT2D eigenvalue weighted by Crippen LogP contribution is 2.19. The summed E-state index contributed by atoms with van der Waals surface area (Å²) in [6.45, 7) is 3.85. The molecule has 1 aliphatic heterocycles. The predicted molar refractivity (Wildman–Crippen MR) is 68.9 cm³/mol. The van der Waals surface area contributed by atoms with E-state index in [0.29, 0.717) is 5.69 Å². The first-order valence-corrected chi connectivity index (χ1v) is 5.95. The number of carbonyl (C=O) groups excluding carboxylic acids is 3. The number of rotatable bonds is 3. The maximum atomic E-state index is 11.9. The minimum absolute atomic E-state index is 0.162. The zero-order valence-corrected chi connectivity index (χ0v) is 10.7. The second-order valence-corrected chi connectivity index (χ2v) is 4.53. The van der Waals surface area contributed by atoms with Gasteiger partial charge in [0.2, 0.25) is 5.91 Å². The van der Waals surface area contributed by atoms with Gasteiger partial charge in [-0.1, -0.05) is 12.1 Å². The van der Waals surface area contributed by atoms with E-state index in [4.69, 9.17) is 0 Å². The first-order valence-electron chi connectivity index (χ1n) is 5.95. The van der Waals surface area contributed by atoms with Gasteiger partial charge in [-0.2, -0.15) is 0 Å². The Hall–Kier alpha value is -2.37. The average molecular weight is 261 g/mol. The van der Waals surface area contributed by atoms with E-state index < -0.39 is 17.7 Å². The van der Waals surface area contributed by atoms with Gasteiger partial charge < -0.3 is 5.32 Å². The van der Waals surface area contributed by atoms with Gasteiger partial charge in [-0.25, -0.2) is 0 Å². The van der Waals surface area contributed by atoms with Crippen molar-refractivity contribution < 1.29 is 14.4 Å². The second-order valence-electron chi connectivity index (χ2n) is 4.53. The number of anilines is 1. The third-order valence-electron chi connectivity index (χ3n) is 3.21. The van der Waals surface area contributed by atoms with Gasteiger partial charge in [-0.15, -0.1) is 0 Å². The molecule has 2 rings (SSSR count). The van der Waals surface area contributed by atoms with Crippen molar-refractivity contribution in [2.24, 2.45) is 5.92 Å². The van der Waals surface area contributed by atoms with Crippen LogP contribution in [0.5, 0.6) is 0 Å². The van der Waals surface area contributed by atoms with Crippen LogP contribution in [-0.4, -0.2) is 17.7 Å². The van der Waals surface area contributed by atoms with Gasteiger partial charge in [0.05, 0.1) is 0 Å². The highest BCUT2D eigenvalue weighted by atomic mass is 16.2. The second kappa shape index (κ2) is 5.09. The zero-order valence-electron chi connectivity index (χ0n) is 10.7. The maximum Gasteiger partial charge on any atom is 0.251 e. The summed E-state index contributed by atoms with van der Waals surface area (Å²) in [6, 6.07) is 5.57. The molecule has 1 heterocycles. The van der Waals surface area contributed by atoms with Gasteiger partial charge in [0.25, 0.3) is 11.8 Å². The van der Waals surface area contributed by atoms with E-state index in [2.05, 4.69) is 16.2 Å². The van der Waals surface area contributed by atoms with Gasteiger partial charge in [0, 0.05) is 12.1 Å². The largest absolute Gasteiger partial charge is 0.326 e. The van der Waals surface area contributed by atoms with Crippen molar-refractivity contribution in [3.8, 4) is 0 Å². The number of nitrogens with one attached hydrogen (secondary N) is 3. The Morgan fingerprint density at radius 2 is 1.84 bits per heavy atom. The zero-order chi connectivity index (χ0) is 14.0. The van der Waals surface area contributed by atoms with E-state index in [-0.39, 0.29) is 12.3 Å². The van der Waals surface area contributed by atoms with Crippen LogP contribution in [0.1, 0.15) is 17.5 Å². The fourth-order valence-corrected chi connectivity index (χ4v) is 1.88. The topological polar surface area (TPSA) is 87.3 Å². The summed E-state index contributed by atoms with van der Waals surface area (Å²) in [7, 11) is 0. The average Bonchev–Trinajstić information content (AvgIpc) is 2.67. The molecule has 3 N–H and O–H groups in total. The monoisotopic (exact) mass is 261 g/mol. The quantitative estimate of drug-likeness (QED) is 0.689. The van der Waals surface area contributed by atoms with Crippen molar-refractivity contribution in [2.75, 3.05) is 5.32 Å². The highest BCUT2D eigenvalue weighted by Gasteiger charge is 2.34. The summed E-state index contributed by atoms with van der Waals surface area (Å²) in [6.07, 6.45) is -0.162. The Kier molecular flexibility index (Phi) is 3.50. The minimum atomic E-state index is -0.954. The Morgan fingerprint density at radius 1 is 1.21 bits per heavy atom. The number of carbonyl (C=O) groups is 3. The minimum Gasteiger partial charge on any atom is -0.326 e. The molecule has 6 nitrogen and oxygen atoms in total. The molecule has 1 saturated heterocycles. The number of hydrogen-bond acceptors (Lipinski definition) is 3. The van der Waals surface area contributed by atoms with Crippen LogP contribution in [0.25, 0.3) is 0 Å². The molecule has 1 aliphatic rings. The molecular weight excluding hydrogens is 246 g/mol. The smallest absolute Gasteiger partial charge is 0.251 e. The molecule has 0 saturated carbocycles. The molecule has 0 unspecified atom stereocenters. The number of aryl methyl sites for hydroxylation is 1. The molecule has 0 aromatic heterocycles. The van der Waals surface area contributed by atoms with E-state index >= 15 is 0 Å². The van der Waals surface area contributed by atoms with Crippen LogP contribution in [0.2, 0.25) is 0 Å². The highest BCUT2D eigenvalue weighted by molar-refractivity contribution is 6.09. The Labute approximate surface area is 110 Å². The summed E-state index contributed by atoms with van der Waals surface area (Å²) in [4.78, 5) is 34.5. The standard InChI is InChI=1S/C13H15N3O3/c1-7-4-3-5-10(8(7)2)14-11(17)6-9-12(18)15-16-13(9)19/h3-5,9H,6H2,1-2H3,(H,14,17)(H,15,18)(H,16,19). The van der Waals surface area contributed by atoms with Gasteiger partial charge in [0.1, 0.15) is 5.92 Å². The van der Waals surface area contributed by atoms with Crippen molar-refractivity contribution in [1.82, 2.24) is 10.9 Å². The number of hydrazine groups is 1. The molecule has 1 aromatic rings. The van der Waals surface area contributed by atoms with Gasteiger partial charge in [-0.3, -0.25) is 25.2 Å². The lowest BCUT2D eigenvalue weighted by Gasteiger charge is -2.11. The maximum absolute atomic E-state index is 11.9. The first-order chi connectivity index (χ1) is 8.99. The van der Waals surface area contributed by atoms with Crippen LogP contribution in [-0.2, 0) is 14.4 Å². The van der Waals surface area contributed by atoms with Crippen LogP contribution in [0.3, 0.4) is 0 Å². The third-order valence-corrected chi connectivity index (χ3v) is 3.21. The molecule has 0 bridgehead atoms. The molecule has 0 aliphatic carbocycles. The number of benzene rings is 1. The van der Waals surface area contributed by atoms with Crippen molar-refractivity contribution in [2.45, 2.75) is 20.3 Å². The molecule has 1 fully saturated rings. The molecule has 6 heteroatoms. The van der Waals surface area contributed by atoms with E-state index in [1.165, 1.54) is 0 Å². The van der Waals surface area contributed by atoms with Gasteiger partial charge in [0.15, 0.2) is 0 Å².